The molecule has 0 spiro atoms. The van der Waals surface area contributed by atoms with E-state index in [1.54, 1.807) is 0 Å². The summed E-state index contributed by atoms with van der Waals surface area (Å²) in [7, 11) is 0. The molecule has 1 aliphatic heterocycles. The van der Waals surface area contributed by atoms with Crippen LogP contribution < -0.4 is 5.32 Å². The van der Waals surface area contributed by atoms with Crippen LogP contribution in [0.3, 0.4) is 0 Å². The van der Waals surface area contributed by atoms with Gasteiger partial charge in [0.25, 0.3) is 0 Å². The number of carbonyl (C=O) groups excluding carboxylic acids is 1. The molecule has 0 radical (unpaired) electrons. The number of rotatable bonds is 4. The van der Waals surface area contributed by atoms with E-state index in [0.29, 0.717) is 6.04 Å². The molecular formula is C16H29N5O. The quantitative estimate of drug-likeness (QED) is 0.870. The van der Waals surface area contributed by atoms with Gasteiger partial charge in [-0.2, -0.15) is 0 Å². The van der Waals surface area contributed by atoms with E-state index in [-0.39, 0.29) is 11.4 Å². The van der Waals surface area contributed by atoms with Gasteiger partial charge in [0, 0.05) is 31.2 Å². The Balaban J connectivity index is 1.84. The fourth-order valence-corrected chi connectivity index (χ4v) is 2.62. The highest BCUT2D eigenvalue weighted by molar-refractivity contribution is 5.74. The number of hydrogen-bond acceptors (Lipinski definition) is 3. The van der Waals surface area contributed by atoms with Crippen LogP contribution in [0.15, 0.2) is 6.20 Å². The number of amides is 2. The number of piperidine rings is 1. The minimum absolute atomic E-state index is 0.0259. The van der Waals surface area contributed by atoms with Gasteiger partial charge in [0.2, 0.25) is 0 Å². The predicted molar refractivity (Wildman–Crippen MR) is 86.9 cm³/mol. The Hall–Kier alpha value is -1.59. The summed E-state index contributed by atoms with van der Waals surface area (Å²) >= 11 is 0. The fraction of sp³-hybridized carbons (Fsp3) is 0.812. The average Bonchev–Trinajstić information content (AvgIpc) is 2.97. The Morgan fingerprint density at radius 2 is 2.05 bits per heavy atom. The van der Waals surface area contributed by atoms with Crippen LogP contribution in [0.2, 0.25) is 0 Å². The largest absolute Gasteiger partial charge is 0.338 e. The molecule has 0 saturated carbocycles. The van der Waals surface area contributed by atoms with Crippen molar-refractivity contribution in [2.24, 2.45) is 0 Å². The normalized spacial score (nSPS) is 16.8. The van der Waals surface area contributed by atoms with E-state index in [1.165, 1.54) is 0 Å². The van der Waals surface area contributed by atoms with E-state index < -0.39 is 0 Å². The van der Waals surface area contributed by atoms with Crippen molar-refractivity contribution in [3.8, 4) is 0 Å². The first kappa shape index (κ1) is 16.8. The van der Waals surface area contributed by atoms with E-state index >= 15 is 0 Å². The van der Waals surface area contributed by atoms with Crippen LogP contribution in [0.1, 0.15) is 65.1 Å². The van der Waals surface area contributed by atoms with Gasteiger partial charge < -0.3 is 10.2 Å². The van der Waals surface area contributed by atoms with Crippen molar-refractivity contribution in [1.82, 2.24) is 25.2 Å². The van der Waals surface area contributed by atoms with Crippen LogP contribution in [0.5, 0.6) is 0 Å². The summed E-state index contributed by atoms with van der Waals surface area (Å²) in [5.41, 5.74) is 1.05. The molecule has 1 fully saturated rings. The Morgan fingerprint density at radius 1 is 1.36 bits per heavy atom. The topological polar surface area (TPSA) is 63.1 Å². The van der Waals surface area contributed by atoms with Gasteiger partial charge in [0.15, 0.2) is 0 Å². The molecule has 124 valence electrons. The molecule has 1 aliphatic rings. The summed E-state index contributed by atoms with van der Waals surface area (Å²) < 4.78 is 1.98. The summed E-state index contributed by atoms with van der Waals surface area (Å²) in [4.78, 5) is 13.9. The van der Waals surface area contributed by atoms with E-state index in [2.05, 4.69) is 49.5 Å². The lowest BCUT2D eigenvalue weighted by molar-refractivity contribution is 0.168. The van der Waals surface area contributed by atoms with Crippen LogP contribution >= 0.6 is 0 Å². The molecular weight excluding hydrogens is 278 g/mol. The van der Waals surface area contributed by atoms with Crippen molar-refractivity contribution >= 4 is 6.03 Å². The van der Waals surface area contributed by atoms with Gasteiger partial charge in [-0.3, -0.25) is 0 Å². The predicted octanol–water partition coefficient (Wildman–Crippen LogP) is 2.72. The van der Waals surface area contributed by atoms with Gasteiger partial charge in [-0.05, 0) is 19.3 Å². The molecule has 1 aromatic heterocycles. The third-order valence-corrected chi connectivity index (χ3v) is 4.21. The first-order valence-electron chi connectivity index (χ1n) is 8.37. The maximum absolute atomic E-state index is 12.0. The van der Waals surface area contributed by atoms with Crippen molar-refractivity contribution in [3.05, 3.63) is 11.9 Å². The lowest BCUT2D eigenvalue weighted by atomic mass is 9.93. The molecule has 2 rings (SSSR count). The molecule has 0 aliphatic carbocycles. The first-order valence-corrected chi connectivity index (χ1v) is 8.37. The smallest absolute Gasteiger partial charge is 0.317 e. The maximum atomic E-state index is 12.0. The van der Waals surface area contributed by atoms with Crippen molar-refractivity contribution in [3.63, 3.8) is 0 Å². The summed E-state index contributed by atoms with van der Waals surface area (Å²) in [5, 5.41) is 11.6. The molecule has 1 N–H and O–H groups in total. The van der Waals surface area contributed by atoms with E-state index in [9.17, 15) is 4.79 Å². The third-order valence-electron chi connectivity index (χ3n) is 4.21. The van der Waals surface area contributed by atoms with Gasteiger partial charge in [0.1, 0.15) is 0 Å². The Labute approximate surface area is 133 Å². The number of nitrogens with zero attached hydrogens (tertiary/aromatic N) is 4. The second-order valence-corrected chi connectivity index (χ2v) is 7.14. The summed E-state index contributed by atoms with van der Waals surface area (Å²) in [5.74, 6) is 0. The molecule has 0 unspecified atom stereocenters. The van der Waals surface area contributed by atoms with Gasteiger partial charge >= 0.3 is 6.03 Å². The zero-order chi connectivity index (χ0) is 16.2. The summed E-state index contributed by atoms with van der Waals surface area (Å²) in [6.45, 7) is 10.9. The lowest BCUT2D eigenvalue weighted by Gasteiger charge is -2.31. The van der Waals surface area contributed by atoms with Crippen molar-refractivity contribution in [1.29, 1.82) is 0 Å². The molecule has 6 nitrogen and oxygen atoms in total. The minimum atomic E-state index is 0.0259. The number of aromatic nitrogens is 3. The van der Waals surface area contributed by atoms with Gasteiger partial charge in [-0.1, -0.05) is 39.3 Å². The highest BCUT2D eigenvalue weighted by Gasteiger charge is 2.26. The summed E-state index contributed by atoms with van der Waals surface area (Å²) in [6.07, 6.45) is 6.07. The molecule has 1 aromatic rings. The van der Waals surface area contributed by atoms with Crippen LogP contribution in [-0.4, -0.2) is 45.6 Å². The first-order chi connectivity index (χ1) is 10.4. The molecule has 0 atom stereocenters. The minimum Gasteiger partial charge on any atom is -0.338 e. The highest BCUT2D eigenvalue weighted by atomic mass is 16.2. The number of unbranched alkanes of at least 4 members (excludes halogenated alkanes) is 1. The average molecular weight is 307 g/mol. The number of nitrogens with one attached hydrogen (secondary N) is 1. The number of likely N-dealkylation sites (tertiary alicyclic amines) is 1. The third kappa shape index (κ3) is 4.21. The molecule has 22 heavy (non-hydrogen) atoms. The molecule has 6 heteroatoms. The van der Waals surface area contributed by atoms with Gasteiger partial charge in [0.05, 0.1) is 11.7 Å². The molecule has 0 aromatic carbocycles. The van der Waals surface area contributed by atoms with Crippen LogP contribution in [0.4, 0.5) is 4.79 Å². The van der Waals surface area contributed by atoms with E-state index in [0.717, 1.165) is 51.0 Å². The second kappa shape index (κ2) is 7.11. The highest BCUT2D eigenvalue weighted by Crippen LogP contribution is 2.25. The molecule has 2 amide bonds. The van der Waals surface area contributed by atoms with Crippen molar-refractivity contribution in [2.45, 2.75) is 64.8 Å². The standard InChI is InChI=1S/C16H29N5O/c1-5-6-9-17-15(22)20-10-7-13(8-11-20)21-12-14(18-19-21)16(2,3)4/h12-13H,5-11H2,1-4H3,(H,17,22). The van der Waals surface area contributed by atoms with Crippen LogP contribution in [-0.2, 0) is 5.41 Å². The lowest BCUT2D eigenvalue weighted by Crippen LogP contribution is -2.45. The van der Waals surface area contributed by atoms with Crippen LogP contribution in [0, 0.1) is 0 Å². The number of hydrogen-bond donors (Lipinski definition) is 1. The van der Waals surface area contributed by atoms with E-state index in [4.69, 9.17) is 0 Å². The molecule has 2 heterocycles. The zero-order valence-corrected chi connectivity index (χ0v) is 14.3. The Bertz CT molecular complexity index is 483. The van der Waals surface area contributed by atoms with Crippen LogP contribution in [0.25, 0.3) is 0 Å². The number of carbonyl (C=O) groups is 1. The maximum Gasteiger partial charge on any atom is 0.317 e. The van der Waals surface area contributed by atoms with Crippen molar-refractivity contribution in [2.75, 3.05) is 19.6 Å². The Kier molecular flexibility index (Phi) is 5.42. The monoisotopic (exact) mass is 307 g/mol. The zero-order valence-electron chi connectivity index (χ0n) is 14.3. The van der Waals surface area contributed by atoms with Crippen molar-refractivity contribution < 1.29 is 4.79 Å². The number of urea groups is 1. The summed E-state index contributed by atoms with van der Waals surface area (Å²) in [6, 6.07) is 0.421. The van der Waals surface area contributed by atoms with Gasteiger partial charge in [-0.25, -0.2) is 9.48 Å². The van der Waals surface area contributed by atoms with Gasteiger partial charge in [-0.15, -0.1) is 5.10 Å². The Morgan fingerprint density at radius 3 is 2.59 bits per heavy atom. The molecule has 0 bridgehead atoms. The SMILES string of the molecule is CCCCNC(=O)N1CCC(n2cc(C(C)(C)C)nn2)CC1. The fourth-order valence-electron chi connectivity index (χ4n) is 2.62. The second-order valence-electron chi connectivity index (χ2n) is 7.14. The molecule has 1 saturated heterocycles. The van der Waals surface area contributed by atoms with E-state index in [1.807, 2.05) is 9.58 Å².